The van der Waals surface area contributed by atoms with Crippen LogP contribution in [0, 0.1) is 0 Å². The molecule has 0 atom stereocenters. The topological polar surface area (TPSA) is 64.2 Å². The molecule has 0 bridgehead atoms. The average Bonchev–Trinajstić information content (AvgIpc) is 2.95. The van der Waals surface area contributed by atoms with Crippen LogP contribution in [0.2, 0.25) is 0 Å². The van der Waals surface area contributed by atoms with Crippen molar-refractivity contribution in [2.45, 2.75) is 19.6 Å². The van der Waals surface area contributed by atoms with Crippen molar-refractivity contribution in [3.8, 4) is 5.75 Å². The third-order valence-corrected chi connectivity index (χ3v) is 7.37. The monoisotopic (exact) mass is 514 g/mol. The summed E-state index contributed by atoms with van der Waals surface area (Å²) in [4.78, 5) is 26.1. The van der Waals surface area contributed by atoms with Gasteiger partial charge in [0.1, 0.15) is 5.75 Å². The van der Waals surface area contributed by atoms with E-state index in [2.05, 4.69) is 80.6 Å². The number of carbonyl (C=O) groups excluding carboxylic acids is 1. The van der Waals surface area contributed by atoms with Gasteiger partial charge >= 0.3 is 0 Å². The number of aromatic nitrogens is 1. The molecule has 0 spiro atoms. The van der Waals surface area contributed by atoms with E-state index in [1.165, 1.54) is 16.8 Å². The lowest BCUT2D eigenvalue weighted by molar-refractivity contribution is -0.132. The van der Waals surface area contributed by atoms with Crippen LogP contribution >= 0.6 is 0 Å². The first-order chi connectivity index (χ1) is 18.6. The van der Waals surface area contributed by atoms with Crippen molar-refractivity contribution in [2.75, 3.05) is 69.8 Å². The second-order valence-corrected chi connectivity index (χ2v) is 10.2. The van der Waals surface area contributed by atoms with Crippen LogP contribution in [0.5, 0.6) is 5.75 Å². The molecule has 2 fully saturated rings. The lowest BCUT2D eigenvalue weighted by atomic mass is 10.1. The highest BCUT2D eigenvalue weighted by Gasteiger charge is 2.19. The van der Waals surface area contributed by atoms with Gasteiger partial charge in [-0.15, -0.1) is 0 Å². The fourth-order valence-corrected chi connectivity index (χ4v) is 5.12. The molecule has 1 N–H and O–H groups in total. The molecule has 1 aromatic heterocycles. The van der Waals surface area contributed by atoms with Crippen LogP contribution in [-0.4, -0.2) is 80.7 Å². The molecular weight excluding hydrogens is 476 g/mol. The number of rotatable bonds is 9. The molecule has 2 aliphatic heterocycles. The highest BCUT2D eigenvalue weighted by molar-refractivity contribution is 5.79. The number of nitrogens with zero attached hydrogens (tertiary/aromatic N) is 5. The summed E-state index contributed by atoms with van der Waals surface area (Å²) in [5.74, 6) is 0.976. The minimum Gasteiger partial charge on any atom is -0.497 e. The summed E-state index contributed by atoms with van der Waals surface area (Å²) in [6.07, 6.45) is 1.86. The number of hydrogen-bond acceptors (Lipinski definition) is 7. The van der Waals surface area contributed by atoms with E-state index >= 15 is 0 Å². The quantitative estimate of drug-likeness (QED) is 0.471. The normalized spacial score (nSPS) is 16.5. The molecule has 1 amide bonds. The third-order valence-electron chi connectivity index (χ3n) is 7.37. The van der Waals surface area contributed by atoms with Crippen LogP contribution in [0.4, 0.5) is 11.4 Å². The molecule has 2 aromatic carbocycles. The third kappa shape index (κ3) is 6.62. The fraction of sp³-hybridized carbons (Fsp3) is 0.400. The SMILES string of the molecule is COc1cccc(CN(Cc2cccc(N3CCN(C)CC3)c2)c2ccnc(CN3CCNCC3=O)c2)c1. The first-order valence-corrected chi connectivity index (χ1v) is 13.4. The fourth-order valence-electron chi connectivity index (χ4n) is 5.12. The maximum absolute atomic E-state index is 12.3. The van der Waals surface area contributed by atoms with E-state index in [1.54, 1.807) is 7.11 Å². The molecule has 200 valence electrons. The van der Waals surface area contributed by atoms with Crippen LogP contribution < -0.4 is 19.9 Å². The maximum Gasteiger partial charge on any atom is 0.236 e. The van der Waals surface area contributed by atoms with Crippen molar-refractivity contribution in [1.82, 2.24) is 20.1 Å². The van der Waals surface area contributed by atoms with Gasteiger partial charge in [0.25, 0.3) is 0 Å². The summed E-state index contributed by atoms with van der Waals surface area (Å²) >= 11 is 0. The Hall–Kier alpha value is -3.62. The molecule has 0 unspecified atom stereocenters. The van der Waals surface area contributed by atoms with Gasteiger partial charge in [0.15, 0.2) is 0 Å². The van der Waals surface area contributed by atoms with Gasteiger partial charge in [0.05, 0.1) is 25.9 Å². The molecule has 3 heterocycles. The standard InChI is InChI=1S/C30H38N6O2/c1-33-13-15-34(16-14-33)27-7-3-5-24(17-27)21-36(22-25-6-4-8-29(18-25)38-2)28-9-10-32-26(19-28)23-35-12-11-31-20-30(35)37/h3-10,17-19,31H,11-16,20-23H2,1-2H3. The van der Waals surface area contributed by atoms with Gasteiger partial charge < -0.3 is 29.7 Å². The predicted molar refractivity (Wildman–Crippen MR) is 152 cm³/mol. The van der Waals surface area contributed by atoms with Gasteiger partial charge in [-0.2, -0.15) is 0 Å². The first kappa shape index (κ1) is 26.0. The van der Waals surface area contributed by atoms with Crippen molar-refractivity contribution in [2.24, 2.45) is 0 Å². The summed E-state index contributed by atoms with van der Waals surface area (Å²) in [6, 6.07) is 21.3. The molecule has 38 heavy (non-hydrogen) atoms. The summed E-state index contributed by atoms with van der Waals surface area (Å²) in [5.41, 5.74) is 5.71. The summed E-state index contributed by atoms with van der Waals surface area (Å²) in [5, 5.41) is 3.14. The molecular formula is C30H38N6O2. The van der Waals surface area contributed by atoms with E-state index < -0.39 is 0 Å². The van der Waals surface area contributed by atoms with Crippen LogP contribution in [0.1, 0.15) is 16.8 Å². The average molecular weight is 515 g/mol. The van der Waals surface area contributed by atoms with Gasteiger partial charge in [0, 0.05) is 69.9 Å². The van der Waals surface area contributed by atoms with Gasteiger partial charge in [-0.3, -0.25) is 9.78 Å². The Bertz CT molecular complexity index is 1230. The predicted octanol–water partition coefficient (Wildman–Crippen LogP) is 2.98. The molecule has 0 saturated carbocycles. The van der Waals surface area contributed by atoms with Crippen LogP contribution in [-0.2, 0) is 24.4 Å². The zero-order valence-electron chi connectivity index (χ0n) is 22.5. The number of carbonyl (C=O) groups is 1. The molecule has 8 heteroatoms. The van der Waals surface area contributed by atoms with Gasteiger partial charge in [0.2, 0.25) is 5.91 Å². The number of piperazine rings is 2. The van der Waals surface area contributed by atoms with Crippen LogP contribution in [0.25, 0.3) is 0 Å². The number of benzene rings is 2. The number of pyridine rings is 1. The highest BCUT2D eigenvalue weighted by Crippen LogP contribution is 2.25. The van der Waals surface area contributed by atoms with Crippen LogP contribution in [0.3, 0.4) is 0 Å². The number of ether oxygens (including phenoxy) is 1. The van der Waals surface area contributed by atoms with E-state index in [0.29, 0.717) is 19.6 Å². The second-order valence-electron chi connectivity index (χ2n) is 10.2. The Morgan fingerprint density at radius 1 is 0.947 bits per heavy atom. The lowest BCUT2D eigenvalue weighted by Gasteiger charge is -2.34. The number of anilines is 2. The smallest absolute Gasteiger partial charge is 0.236 e. The number of amides is 1. The first-order valence-electron chi connectivity index (χ1n) is 13.4. The van der Waals surface area contributed by atoms with E-state index in [0.717, 1.165) is 62.9 Å². The minimum atomic E-state index is 0.123. The Kier molecular flexibility index (Phi) is 8.41. The van der Waals surface area contributed by atoms with Crippen molar-refractivity contribution in [3.63, 3.8) is 0 Å². The van der Waals surface area contributed by atoms with E-state index in [1.807, 2.05) is 23.2 Å². The molecule has 5 rings (SSSR count). The molecule has 3 aromatic rings. The Morgan fingerprint density at radius 3 is 2.47 bits per heavy atom. The highest BCUT2D eigenvalue weighted by atomic mass is 16.5. The van der Waals surface area contributed by atoms with Crippen molar-refractivity contribution in [3.05, 3.63) is 83.7 Å². The van der Waals surface area contributed by atoms with Crippen molar-refractivity contribution >= 4 is 17.3 Å². The molecule has 2 saturated heterocycles. The Balaban J connectivity index is 1.39. The van der Waals surface area contributed by atoms with Crippen molar-refractivity contribution < 1.29 is 9.53 Å². The maximum atomic E-state index is 12.3. The zero-order chi connectivity index (χ0) is 26.3. The molecule has 2 aliphatic rings. The Morgan fingerprint density at radius 2 is 1.71 bits per heavy atom. The minimum absolute atomic E-state index is 0.123. The molecule has 0 radical (unpaired) electrons. The molecule has 0 aliphatic carbocycles. The van der Waals surface area contributed by atoms with Gasteiger partial charge in [-0.1, -0.05) is 24.3 Å². The number of hydrogen-bond donors (Lipinski definition) is 1. The summed E-state index contributed by atoms with van der Waals surface area (Å²) < 4.78 is 5.48. The summed E-state index contributed by atoms with van der Waals surface area (Å²) in [6.45, 7) is 8.20. The van der Waals surface area contributed by atoms with Gasteiger partial charge in [-0.05, 0) is 54.6 Å². The Labute approximate surface area is 225 Å². The van der Waals surface area contributed by atoms with E-state index in [-0.39, 0.29) is 5.91 Å². The lowest BCUT2D eigenvalue weighted by Crippen LogP contribution is -2.47. The molecule has 8 nitrogen and oxygen atoms in total. The number of nitrogens with one attached hydrogen (secondary N) is 1. The van der Waals surface area contributed by atoms with E-state index in [9.17, 15) is 4.79 Å². The number of likely N-dealkylation sites (N-methyl/N-ethyl adjacent to an activating group) is 1. The summed E-state index contributed by atoms with van der Waals surface area (Å²) in [7, 11) is 3.89. The number of methoxy groups -OCH3 is 1. The van der Waals surface area contributed by atoms with E-state index in [4.69, 9.17) is 4.74 Å². The second kappa shape index (κ2) is 12.3. The largest absolute Gasteiger partial charge is 0.497 e. The van der Waals surface area contributed by atoms with Crippen molar-refractivity contribution in [1.29, 1.82) is 0 Å². The van der Waals surface area contributed by atoms with Crippen LogP contribution in [0.15, 0.2) is 66.9 Å². The zero-order valence-corrected chi connectivity index (χ0v) is 22.5. The van der Waals surface area contributed by atoms with Gasteiger partial charge in [-0.25, -0.2) is 0 Å².